The van der Waals surface area contributed by atoms with Gasteiger partial charge in [-0.2, -0.15) is 0 Å². The summed E-state index contributed by atoms with van der Waals surface area (Å²) < 4.78 is 37.4. The third kappa shape index (κ3) is 7.65. The highest BCUT2D eigenvalue weighted by Crippen LogP contribution is 2.47. The van der Waals surface area contributed by atoms with Crippen molar-refractivity contribution in [1.29, 1.82) is 0 Å². The van der Waals surface area contributed by atoms with Gasteiger partial charge in [-0.15, -0.1) is 0 Å². The van der Waals surface area contributed by atoms with E-state index in [4.69, 9.17) is 8.60 Å². The van der Waals surface area contributed by atoms with Crippen LogP contribution in [-0.2, 0) is 30.7 Å². The van der Waals surface area contributed by atoms with E-state index in [2.05, 4.69) is 60.7 Å². The Morgan fingerprint density at radius 2 is 1.56 bits per heavy atom. The Labute approximate surface area is 243 Å². The van der Waals surface area contributed by atoms with Crippen LogP contribution in [0.25, 0.3) is 0 Å². The number of furan rings is 1. The van der Waals surface area contributed by atoms with Crippen LogP contribution >= 0.6 is 12.0 Å². The predicted octanol–water partition coefficient (Wildman–Crippen LogP) is 8.20. The molecule has 0 unspecified atom stereocenters. The average molecular weight is 586 g/mol. The molecule has 6 nitrogen and oxygen atoms in total. The highest BCUT2D eigenvalue weighted by Gasteiger charge is 2.44. The third-order valence-electron chi connectivity index (χ3n) is 8.93. The molecular weight excluding hydrogens is 530 g/mol. The molecule has 1 aromatic heterocycles. The summed E-state index contributed by atoms with van der Waals surface area (Å²) in [5.74, 6) is 2.05. The van der Waals surface area contributed by atoms with E-state index in [1.54, 1.807) is 12.0 Å². The van der Waals surface area contributed by atoms with E-state index in [0.29, 0.717) is 30.8 Å². The maximum Gasteiger partial charge on any atom is 0.247 e. The summed E-state index contributed by atoms with van der Waals surface area (Å²) in [5.41, 5.74) is 0.595. The summed E-state index contributed by atoms with van der Waals surface area (Å²) in [5, 5.41) is 2.79. The Bertz CT molecular complexity index is 1030. The van der Waals surface area contributed by atoms with Crippen LogP contribution in [0.4, 0.5) is 5.88 Å². The van der Waals surface area contributed by atoms with Gasteiger partial charge in [0.05, 0.1) is 12.4 Å². The second-order valence-electron chi connectivity index (χ2n) is 13.6. The zero-order valence-corrected chi connectivity index (χ0v) is 28.0. The maximum absolute atomic E-state index is 13.3. The van der Waals surface area contributed by atoms with Crippen LogP contribution in [0.5, 0.6) is 0 Å². The molecule has 39 heavy (non-hydrogen) atoms. The number of aryl methyl sites for hydroxylation is 1. The van der Waals surface area contributed by atoms with E-state index in [1.165, 1.54) is 13.8 Å². The first kappa shape index (κ1) is 34.2. The molecule has 0 aromatic carbocycles. The molecule has 0 aliphatic heterocycles. The van der Waals surface area contributed by atoms with E-state index in [0.717, 1.165) is 43.4 Å². The van der Waals surface area contributed by atoms with Gasteiger partial charge in [0.1, 0.15) is 10.5 Å². The Morgan fingerprint density at radius 3 is 2.05 bits per heavy atom. The number of nitrogens with one attached hydrogen (secondary N) is 1. The molecule has 0 bridgehead atoms. The number of rotatable bonds is 14. The molecule has 8 heteroatoms. The molecule has 0 saturated heterocycles. The number of anilines is 1. The molecule has 1 aliphatic carbocycles. The molecule has 0 radical (unpaired) electrons. The van der Waals surface area contributed by atoms with Crippen molar-refractivity contribution in [3.63, 3.8) is 0 Å². The summed E-state index contributed by atoms with van der Waals surface area (Å²) in [6.07, 6.45) is 5.77. The second-order valence-corrected chi connectivity index (χ2v) is 17.3. The largest absolute Gasteiger partial charge is 0.445 e. The fraction of sp³-hybridized carbons (Fsp3) is 0.839. The van der Waals surface area contributed by atoms with Crippen molar-refractivity contribution in [2.45, 2.75) is 130 Å². The number of amides is 1. The van der Waals surface area contributed by atoms with Gasteiger partial charge in [0, 0.05) is 28.2 Å². The van der Waals surface area contributed by atoms with Gasteiger partial charge in [-0.25, -0.2) is 8.42 Å². The van der Waals surface area contributed by atoms with Gasteiger partial charge in [-0.3, -0.25) is 10.1 Å². The first-order chi connectivity index (χ1) is 17.9. The maximum atomic E-state index is 13.3. The van der Waals surface area contributed by atoms with Crippen LogP contribution in [-0.4, -0.2) is 36.2 Å². The molecule has 1 fully saturated rings. The molecule has 0 atom stereocenters. The number of carbonyl (C=O) groups excluding carboxylic acids is 1. The Kier molecular flexibility index (Phi) is 11.7. The monoisotopic (exact) mass is 585 g/mol. The van der Waals surface area contributed by atoms with Crippen molar-refractivity contribution in [2.75, 3.05) is 17.7 Å². The molecule has 1 aliphatic rings. The molecule has 1 amide bonds. The average Bonchev–Trinajstić information content (AvgIpc) is 3.25. The normalized spacial score (nSPS) is 16.5. The van der Waals surface area contributed by atoms with Crippen molar-refractivity contribution in [1.82, 2.24) is 0 Å². The lowest BCUT2D eigenvalue weighted by Crippen LogP contribution is -2.46. The minimum absolute atomic E-state index is 0.00605. The molecule has 2 rings (SSSR count). The number of hydrogen-bond acceptors (Lipinski definition) is 6. The Hall–Kier alpha value is -0.990. The molecule has 0 spiro atoms. The van der Waals surface area contributed by atoms with Gasteiger partial charge in [-0.05, 0) is 62.4 Å². The van der Waals surface area contributed by atoms with Gasteiger partial charge in [0.25, 0.3) is 0 Å². The minimum Gasteiger partial charge on any atom is -0.445 e. The SMILES string of the molecule is CCc1oc(NC(=O)C(C)(C)S(=O)(=O)CC2CCCCC2)cc1C(C)(C)COSC(C(C)C)(C(C)C)C(C)C. The van der Waals surface area contributed by atoms with Crippen LogP contribution in [0.2, 0.25) is 0 Å². The van der Waals surface area contributed by atoms with Gasteiger partial charge in [-0.1, -0.05) is 81.6 Å². The van der Waals surface area contributed by atoms with E-state index in [9.17, 15) is 13.2 Å². The fourth-order valence-corrected chi connectivity index (χ4v) is 9.09. The molecule has 1 saturated carbocycles. The van der Waals surface area contributed by atoms with Gasteiger partial charge in [0.15, 0.2) is 15.7 Å². The van der Waals surface area contributed by atoms with Gasteiger partial charge < -0.3 is 8.60 Å². The lowest BCUT2D eigenvalue weighted by atomic mass is 9.76. The summed E-state index contributed by atoms with van der Waals surface area (Å²) in [4.78, 5) is 13.3. The molecule has 226 valence electrons. The van der Waals surface area contributed by atoms with E-state index >= 15 is 0 Å². The zero-order valence-electron chi connectivity index (χ0n) is 26.4. The minimum atomic E-state index is -3.64. The Balaban J connectivity index is 2.18. The summed E-state index contributed by atoms with van der Waals surface area (Å²) in [6.45, 7) is 23.3. The molecular formula is C31H55NO5S2. The van der Waals surface area contributed by atoms with Crippen molar-refractivity contribution < 1.29 is 21.8 Å². The van der Waals surface area contributed by atoms with Crippen LogP contribution in [0, 0.1) is 23.7 Å². The first-order valence-corrected chi connectivity index (χ1v) is 17.3. The van der Waals surface area contributed by atoms with Crippen molar-refractivity contribution in [3.8, 4) is 0 Å². The standard InChI is InChI=1S/C31H55NO5S2/c1-12-26-25(29(8,9)20-36-38-31(21(2)3,22(4)5)23(6)7)18-27(37-26)32-28(33)30(10,11)39(34,35)19-24-16-14-13-15-17-24/h18,21-24H,12-17,19-20H2,1-11H3,(H,32,33). The lowest BCUT2D eigenvalue weighted by molar-refractivity contribution is -0.118. The van der Waals surface area contributed by atoms with Crippen LogP contribution in [0.1, 0.15) is 120 Å². The fourth-order valence-electron chi connectivity index (χ4n) is 6.25. The van der Waals surface area contributed by atoms with Crippen molar-refractivity contribution in [3.05, 3.63) is 17.4 Å². The van der Waals surface area contributed by atoms with Crippen LogP contribution in [0.3, 0.4) is 0 Å². The first-order valence-electron chi connectivity index (χ1n) is 14.9. The molecule has 1 N–H and O–H groups in total. The topological polar surface area (TPSA) is 85.6 Å². The van der Waals surface area contributed by atoms with Crippen LogP contribution in [0.15, 0.2) is 10.5 Å². The smallest absolute Gasteiger partial charge is 0.247 e. The molecule has 1 aromatic rings. The zero-order chi connectivity index (χ0) is 29.8. The summed E-state index contributed by atoms with van der Waals surface area (Å²) >= 11 is 1.60. The number of sulfone groups is 1. The van der Waals surface area contributed by atoms with E-state index < -0.39 is 20.5 Å². The summed E-state index contributed by atoms with van der Waals surface area (Å²) in [6, 6.07) is 1.84. The predicted molar refractivity (Wildman–Crippen MR) is 165 cm³/mol. The molecule has 1 heterocycles. The van der Waals surface area contributed by atoms with Crippen LogP contribution < -0.4 is 5.32 Å². The Morgan fingerprint density at radius 1 is 1.03 bits per heavy atom. The van der Waals surface area contributed by atoms with Gasteiger partial charge in [0.2, 0.25) is 5.91 Å². The third-order valence-corrected chi connectivity index (χ3v) is 13.5. The number of hydrogen-bond donors (Lipinski definition) is 1. The lowest BCUT2D eigenvalue weighted by Gasteiger charge is -2.44. The quantitative estimate of drug-likeness (QED) is 0.222. The van der Waals surface area contributed by atoms with E-state index in [1.807, 2.05) is 13.0 Å². The van der Waals surface area contributed by atoms with Crippen molar-refractivity contribution >= 4 is 33.7 Å². The number of carbonyl (C=O) groups is 1. The highest BCUT2D eigenvalue weighted by atomic mass is 32.2. The second kappa shape index (κ2) is 13.3. The summed E-state index contributed by atoms with van der Waals surface area (Å²) in [7, 11) is -3.64. The van der Waals surface area contributed by atoms with E-state index in [-0.39, 0.29) is 27.7 Å². The van der Waals surface area contributed by atoms with Crippen molar-refractivity contribution in [2.24, 2.45) is 23.7 Å². The van der Waals surface area contributed by atoms with Gasteiger partial charge >= 0.3 is 0 Å². The highest BCUT2D eigenvalue weighted by molar-refractivity contribution is 7.96.